The van der Waals surface area contributed by atoms with E-state index in [4.69, 9.17) is 14.6 Å². The van der Waals surface area contributed by atoms with Gasteiger partial charge >= 0.3 is 5.97 Å². The number of benzene rings is 1. The van der Waals surface area contributed by atoms with E-state index in [1.807, 2.05) is 19.9 Å². The van der Waals surface area contributed by atoms with E-state index in [0.29, 0.717) is 24.7 Å². The summed E-state index contributed by atoms with van der Waals surface area (Å²) in [6, 6.07) is 3.68. The quantitative estimate of drug-likeness (QED) is 0.329. The van der Waals surface area contributed by atoms with Gasteiger partial charge in [0.05, 0.1) is 29.4 Å². The van der Waals surface area contributed by atoms with Crippen LogP contribution in [0.15, 0.2) is 22.3 Å². The van der Waals surface area contributed by atoms with Crippen molar-refractivity contribution in [2.45, 2.75) is 25.5 Å². The predicted molar refractivity (Wildman–Crippen MR) is 108 cm³/mol. The van der Waals surface area contributed by atoms with Crippen LogP contribution in [0, 0.1) is 3.57 Å². The van der Waals surface area contributed by atoms with Crippen molar-refractivity contribution in [1.29, 1.82) is 0 Å². The summed E-state index contributed by atoms with van der Waals surface area (Å²) in [7, 11) is 0. The second-order valence-electron chi connectivity index (χ2n) is 5.04. The van der Waals surface area contributed by atoms with Gasteiger partial charge in [0.15, 0.2) is 16.7 Å². The Morgan fingerprint density at radius 1 is 1.38 bits per heavy atom. The molecule has 0 spiro atoms. The Balaban J connectivity index is 2.13. The van der Waals surface area contributed by atoms with Gasteiger partial charge in [-0.25, -0.2) is 0 Å². The number of carbonyl (C=O) groups is 2. The molecule has 0 radical (unpaired) electrons. The first-order valence-electron chi connectivity index (χ1n) is 7.84. The average molecular weight is 491 g/mol. The van der Waals surface area contributed by atoms with Gasteiger partial charge in [-0.3, -0.25) is 9.59 Å². The molecule has 1 unspecified atom stereocenters. The van der Waals surface area contributed by atoms with Crippen LogP contribution in [0.3, 0.4) is 0 Å². The Labute approximate surface area is 168 Å². The van der Waals surface area contributed by atoms with Gasteiger partial charge < -0.3 is 19.9 Å². The molecule has 1 aliphatic heterocycles. The molecule has 1 aromatic carbocycles. The zero-order chi connectivity index (χ0) is 19.1. The maximum absolute atomic E-state index is 11.7. The van der Waals surface area contributed by atoms with E-state index in [1.165, 1.54) is 6.21 Å². The van der Waals surface area contributed by atoms with Crippen LogP contribution in [0.5, 0.6) is 11.5 Å². The Kier molecular flexibility index (Phi) is 7.69. The van der Waals surface area contributed by atoms with E-state index in [2.05, 4.69) is 38.1 Å². The van der Waals surface area contributed by atoms with Crippen molar-refractivity contribution in [2.24, 2.45) is 10.2 Å². The molecule has 0 saturated carbocycles. The fourth-order valence-corrected chi connectivity index (χ4v) is 3.80. The Bertz CT molecular complexity index is 754. The van der Waals surface area contributed by atoms with Crippen LogP contribution in [0.4, 0.5) is 0 Å². The van der Waals surface area contributed by atoms with Crippen LogP contribution >= 0.6 is 34.4 Å². The highest BCUT2D eigenvalue weighted by Crippen LogP contribution is 2.34. The molecule has 1 fully saturated rings. The number of nitrogens with one attached hydrogen (secondary N) is 1. The second kappa shape index (κ2) is 9.76. The summed E-state index contributed by atoms with van der Waals surface area (Å²) in [5.41, 5.74) is 0.766. The van der Waals surface area contributed by atoms with Crippen molar-refractivity contribution in [3.63, 3.8) is 0 Å². The summed E-state index contributed by atoms with van der Waals surface area (Å²) in [5.74, 6) is -0.0932. The van der Waals surface area contributed by atoms with Gasteiger partial charge in [-0.2, -0.15) is 5.10 Å². The van der Waals surface area contributed by atoms with Crippen molar-refractivity contribution in [3.05, 3.63) is 21.3 Å². The molecule has 10 heteroatoms. The van der Waals surface area contributed by atoms with Crippen LogP contribution < -0.4 is 14.8 Å². The van der Waals surface area contributed by atoms with Crippen molar-refractivity contribution >= 4 is 57.6 Å². The van der Waals surface area contributed by atoms with Gasteiger partial charge in [-0.1, -0.05) is 11.8 Å². The topological polar surface area (TPSA) is 110 Å². The summed E-state index contributed by atoms with van der Waals surface area (Å²) < 4.78 is 12.1. The van der Waals surface area contributed by atoms with Crippen LogP contribution in [-0.4, -0.2) is 46.8 Å². The van der Waals surface area contributed by atoms with Gasteiger partial charge in [-0.15, -0.1) is 5.10 Å². The zero-order valence-corrected chi connectivity index (χ0v) is 17.2. The molecule has 2 N–H and O–H groups in total. The second-order valence-corrected chi connectivity index (χ2v) is 7.39. The number of amides is 1. The summed E-state index contributed by atoms with van der Waals surface area (Å²) in [4.78, 5) is 22.4. The molecule has 26 heavy (non-hydrogen) atoms. The summed E-state index contributed by atoms with van der Waals surface area (Å²) in [5, 5.41) is 18.8. The maximum Gasteiger partial charge on any atom is 0.305 e. The van der Waals surface area contributed by atoms with E-state index < -0.39 is 11.2 Å². The predicted octanol–water partition coefficient (Wildman–Crippen LogP) is 2.48. The standard InChI is InChI=1S/C16H18IN3O5S/c1-3-24-11-6-9(5-10(17)14(11)25-4-2)8-18-20-16-19-15(23)12(26-16)7-13(21)22/h5-6,8,12H,3-4,7H2,1-2H3,(H,21,22)(H,19,20,23). The summed E-state index contributed by atoms with van der Waals surface area (Å²) >= 11 is 3.22. The van der Waals surface area contributed by atoms with Crippen LogP contribution in [0.2, 0.25) is 0 Å². The van der Waals surface area contributed by atoms with E-state index in [1.54, 1.807) is 6.07 Å². The molecule has 1 atom stereocenters. The highest BCUT2D eigenvalue weighted by atomic mass is 127. The molecule has 1 aliphatic rings. The number of carboxylic acids is 1. The minimum Gasteiger partial charge on any atom is -0.490 e. The van der Waals surface area contributed by atoms with Gasteiger partial charge in [0, 0.05) is 0 Å². The molecule has 0 bridgehead atoms. The Morgan fingerprint density at radius 3 is 2.77 bits per heavy atom. The highest BCUT2D eigenvalue weighted by molar-refractivity contribution is 14.1. The number of hydrogen-bond donors (Lipinski definition) is 2. The minimum absolute atomic E-state index is 0.256. The van der Waals surface area contributed by atoms with Crippen molar-refractivity contribution in [3.8, 4) is 11.5 Å². The minimum atomic E-state index is -1.03. The van der Waals surface area contributed by atoms with E-state index in [9.17, 15) is 9.59 Å². The SMILES string of the molecule is CCOc1cc(C=NN=C2NC(=O)C(CC(=O)O)S2)cc(I)c1OCC. The monoisotopic (exact) mass is 491 g/mol. The van der Waals surface area contributed by atoms with E-state index >= 15 is 0 Å². The normalized spacial score (nSPS) is 18.3. The number of aliphatic carboxylic acids is 1. The number of rotatable bonds is 8. The fourth-order valence-electron chi connectivity index (χ4n) is 2.10. The molecule has 1 saturated heterocycles. The molecule has 1 aromatic rings. The first-order chi connectivity index (χ1) is 12.4. The first-order valence-corrected chi connectivity index (χ1v) is 9.79. The Morgan fingerprint density at radius 2 is 2.12 bits per heavy atom. The largest absolute Gasteiger partial charge is 0.490 e. The first kappa shape index (κ1) is 20.5. The van der Waals surface area contributed by atoms with Gasteiger partial charge in [0.25, 0.3) is 0 Å². The number of ether oxygens (including phenoxy) is 2. The molecular weight excluding hydrogens is 473 g/mol. The molecule has 1 heterocycles. The third-order valence-corrected chi connectivity index (χ3v) is 4.99. The fraction of sp³-hybridized carbons (Fsp3) is 0.375. The number of carboxylic acid groups (broad SMARTS) is 1. The van der Waals surface area contributed by atoms with E-state index in [-0.39, 0.29) is 17.5 Å². The van der Waals surface area contributed by atoms with Crippen molar-refractivity contribution in [1.82, 2.24) is 5.32 Å². The van der Waals surface area contributed by atoms with Crippen LogP contribution in [0.25, 0.3) is 0 Å². The number of nitrogens with zero attached hydrogens (tertiary/aromatic N) is 2. The number of carbonyl (C=O) groups excluding carboxylic acids is 1. The lowest BCUT2D eigenvalue weighted by atomic mass is 10.2. The molecule has 1 amide bonds. The summed E-state index contributed by atoms with van der Waals surface area (Å²) in [6.07, 6.45) is 1.28. The summed E-state index contributed by atoms with van der Waals surface area (Å²) in [6.45, 7) is 4.84. The van der Waals surface area contributed by atoms with E-state index in [0.717, 1.165) is 20.9 Å². The van der Waals surface area contributed by atoms with Gasteiger partial charge in [0.2, 0.25) is 5.91 Å². The third kappa shape index (κ3) is 5.59. The third-order valence-electron chi connectivity index (χ3n) is 3.11. The lowest BCUT2D eigenvalue weighted by Gasteiger charge is -2.13. The molecule has 0 aromatic heterocycles. The molecule has 0 aliphatic carbocycles. The van der Waals surface area contributed by atoms with Crippen molar-refractivity contribution < 1.29 is 24.2 Å². The highest BCUT2D eigenvalue weighted by Gasteiger charge is 2.32. The zero-order valence-electron chi connectivity index (χ0n) is 14.2. The molecule has 8 nitrogen and oxygen atoms in total. The number of hydrogen-bond acceptors (Lipinski definition) is 7. The lowest BCUT2D eigenvalue weighted by Crippen LogP contribution is -2.26. The number of thioether (sulfide) groups is 1. The Hall–Kier alpha value is -1.82. The lowest BCUT2D eigenvalue weighted by molar-refractivity contribution is -0.138. The van der Waals surface area contributed by atoms with Crippen LogP contribution in [-0.2, 0) is 9.59 Å². The van der Waals surface area contributed by atoms with Crippen molar-refractivity contribution in [2.75, 3.05) is 13.2 Å². The molecule has 140 valence electrons. The number of halogens is 1. The molecule has 2 rings (SSSR count). The maximum atomic E-state index is 11.7. The van der Waals surface area contributed by atoms with Crippen LogP contribution in [0.1, 0.15) is 25.8 Å². The molecular formula is C16H18IN3O5S. The van der Waals surface area contributed by atoms with Gasteiger partial charge in [0.1, 0.15) is 5.25 Å². The van der Waals surface area contributed by atoms with Gasteiger partial charge in [-0.05, 0) is 54.1 Å². The smallest absolute Gasteiger partial charge is 0.305 e. The average Bonchev–Trinajstić information content (AvgIpc) is 2.90. The number of amidine groups is 1.